The first kappa shape index (κ1) is 16.1. The first-order valence-corrected chi connectivity index (χ1v) is 7.81. The van der Waals surface area contributed by atoms with Gasteiger partial charge in [-0.05, 0) is 38.2 Å². The molecule has 0 atom stereocenters. The van der Waals surface area contributed by atoms with E-state index in [9.17, 15) is 10.1 Å². The van der Waals surface area contributed by atoms with E-state index in [1.54, 1.807) is 18.3 Å². The highest BCUT2D eigenvalue weighted by Crippen LogP contribution is 2.35. The number of non-ortho nitro benzene ring substituents is 1. The van der Waals surface area contributed by atoms with Gasteiger partial charge in [-0.1, -0.05) is 0 Å². The third-order valence-electron chi connectivity index (χ3n) is 3.92. The van der Waals surface area contributed by atoms with Gasteiger partial charge in [0.2, 0.25) is 5.95 Å². The van der Waals surface area contributed by atoms with Gasteiger partial charge in [0, 0.05) is 43.7 Å². The third-order valence-corrected chi connectivity index (χ3v) is 3.92. The van der Waals surface area contributed by atoms with Crippen molar-refractivity contribution in [2.75, 3.05) is 43.9 Å². The van der Waals surface area contributed by atoms with Crippen molar-refractivity contribution in [1.82, 2.24) is 14.9 Å². The molecule has 0 spiro atoms. The van der Waals surface area contributed by atoms with E-state index in [1.165, 1.54) is 6.07 Å². The number of nitrogens with one attached hydrogen (secondary N) is 1. The number of nitrogens with zero attached hydrogens (tertiary/aromatic N) is 5. The van der Waals surface area contributed by atoms with Gasteiger partial charge in [-0.2, -0.15) is 4.98 Å². The molecule has 0 saturated carbocycles. The van der Waals surface area contributed by atoms with Crippen LogP contribution >= 0.6 is 0 Å². The fraction of sp³-hybridized carbons (Fsp3) is 0.375. The zero-order valence-electron chi connectivity index (χ0n) is 13.8. The monoisotopic (exact) mass is 328 g/mol. The number of nitro groups is 1. The van der Waals surface area contributed by atoms with E-state index in [1.807, 2.05) is 25.1 Å². The minimum Gasteiger partial charge on any atom is -0.369 e. The average Bonchev–Trinajstić information content (AvgIpc) is 2.98. The summed E-state index contributed by atoms with van der Waals surface area (Å²) >= 11 is 0. The molecular weight excluding hydrogens is 308 g/mol. The van der Waals surface area contributed by atoms with Gasteiger partial charge in [-0.15, -0.1) is 0 Å². The van der Waals surface area contributed by atoms with Crippen LogP contribution in [0.2, 0.25) is 0 Å². The Balaban J connectivity index is 1.78. The number of hydrogen-bond acceptors (Lipinski definition) is 7. The highest BCUT2D eigenvalue weighted by molar-refractivity contribution is 5.68. The van der Waals surface area contributed by atoms with E-state index in [0.717, 1.165) is 43.1 Å². The fourth-order valence-electron chi connectivity index (χ4n) is 2.69. The first-order chi connectivity index (χ1) is 11.5. The van der Waals surface area contributed by atoms with Crippen LogP contribution in [0, 0.1) is 10.1 Å². The maximum absolute atomic E-state index is 10.9. The van der Waals surface area contributed by atoms with Crippen LogP contribution in [0.15, 0.2) is 30.5 Å². The van der Waals surface area contributed by atoms with Crippen molar-refractivity contribution < 1.29 is 4.92 Å². The lowest BCUT2D eigenvalue weighted by atomic mass is 10.1. The van der Waals surface area contributed by atoms with Gasteiger partial charge < -0.3 is 15.1 Å². The molecule has 8 nitrogen and oxygen atoms in total. The van der Waals surface area contributed by atoms with Crippen LogP contribution in [0.5, 0.6) is 0 Å². The average molecular weight is 328 g/mol. The Morgan fingerprint density at radius 2 is 2.21 bits per heavy atom. The predicted molar refractivity (Wildman–Crippen MR) is 92.9 cm³/mol. The summed E-state index contributed by atoms with van der Waals surface area (Å²) in [5.41, 5.74) is 2.01. The lowest BCUT2D eigenvalue weighted by molar-refractivity contribution is -0.384. The Kier molecular flexibility index (Phi) is 4.57. The largest absolute Gasteiger partial charge is 0.369 e. The predicted octanol–water partition coefficient (Wildman–Crippen LogP) is 2.05. The maximum atomic E-state index is 10.9. The van der Waals surface area contributed by atoms with Crippen molar-refractivity contribution >= 4 is 23.1 Å². The second kappa shape index (κ2) is 6.79. The number of fused-ring (bicyclic) bond motifs is 1. The minimum atomic E-state index is -0.366. The van der Waals surface area contributed by atoms with Gasteiger partial charge in [0.15, 0.2) is 0 Å². The highest BCUT2D eigenvalue weighted by Gasteiger charge is 2.24. The maximum Gasteiger partial charge on any atom is 0.269 e. The molecule has 126 valence electrons. The molecule has 0 bridgehead atoms. The van der Waals surface area contributed by atoms with Crippen molar-refractivity contribution in [3.05, 3.63) is 46.1 Å². The van der Waals surface area contributed by atoms with Crippen molar-refractivity contribution in [3.8, 4) is 0 Å². The molecular formula is C16H20N6O2. The van der Waals surface area contributed by atoms with Crippen LogP contribution < -0.4 is 10.2 Å². The van der Waals surface area contributed by atoms with Gasteiger partial charge >= 0.3 is 0 Å². The number of anilines is 3. The lowest BCUT2D eigenvalue weighted by Gasteiger charge is -2.18. The van der Waals surface area contributed by atoms with Crippen LogP contribution in [-0.4, -0.2) is 53.5 Å². The van der Waals surface area contributed by atoms with E-state index in [-0.39, 0.29) is 10.6 Å². The smallest absolute Gasteiger partial charge is 0.269 e. The van der Waals surface area contributed by atoms with Crippen molar-refractivity contribution in [2.24, 2.45) is 0 Å². The van der Waals surface area contributed by atoms with E-state index >= 15 is 0 Å². The van der Waals surface area contributed by atoms with E-state index in [0.29, 0.717) is 5.95 Å². The summed E-state index contributed by atoms with van der Waals surface area (Å²) in [7, 11) is 4.04. The molecule has 0 radical (unpaired) electrons. The molecule has 1 aromatic carbocycles. The summed E-state index contributed by atoms with van der Waals surface area (Å²) in [6, 6.07) is 6.77. The second-order valence-electron chi connectivity index (χ2n) is 5.94. The summed E-state index contributed by atoms with van der Waals surface area (Å²) in [6.07, 6.45) is 2.47. The number of benzene rings is 1. The van der Waals surface area contributed by atoms with Crippen LogP contribution in [0.3, 0.4) is 0 Å². The van der Waals surface area contributed by atoms with E-state index in [2.05, 4.69) is 20.2 Å². The SMILES string of the molecule is CN(C)CCNc1ccnc(N2CCc3cc([N+](=O)[O-])ccc32)n1. The quantitative estimate of drug-likeness (QED) is 0.641. The van der Waals surface area contributed by atoms with Gasteiger partial charge in [0.05, 0.1) is 4.92 Å². The summed E-state index contributed by atoms with van der Waals surface area (Å²) in [6.45, 7) is 2.43. The van der Waals surface area contributed by atoms with Crippen LogP contribution in [0.25, 0.3) is 0 Å². The van der Waals surface area contributed by atoms with Gasteiger partial charge in [-0.3, -0.25) is 10.1 Å². The number of rotatable bonds is 6. The molecule has 8 heteroatoms. The van der Waals surface area contributed by atoms with Crippen LogP contribution in [0.4, 0.5) is 23.1 Å². The van der Waals surface area contributed by atoms with E-state index in [4.69, 9.17) is 0 Å². The highest BCUT2D eigenvalue weighted by atomic mass is 16.6. The molecule has 2 aromatic rings. The molecule has 1 N–H and O–H groups in total. The zero-order valence-corrected chi connectivity index (χ0v) is 13.8. The molecule has 0 aliphatic carbocycles. The van der Waals surface area contributed by atoms with Crippen LogP contribution in [0.1, 0.15) is 5.56 Å². The molecule has 1 aromatic heterocycles. The Morgan fingerprint density at radius 1 is 1.38 bits per heavy atom. The van der Waals surface area contributed by atoms with Gasteiger partial charge in [-0.25, -0.2) is 4.98 Å². The zero-order chi connectivity index (χ0) is 17.1. The topological polar surface area (TPSA) is 87.4 Å². The molecule has 3 rings (SSSR count). The van der Waals surface area contributed by atoms with Crippen molar-refractivity contribution in [1.29, 1.82) is 0 Å². The fourth-order valence-corrected chi connectivity index (χ4v) is 2.69. The lowest BCUT2D eigenvalue weighted by Crippen LogP contribution is -2.22. The molecule has 2 heterocycles. The minimum absolute atomic E-state index is 0.121. The van der Waals surface area contributed by atoms with Crippen LogP contribution in [-0.2, 0) is 6.42 Å². The normalized spacial score (nSPS) is 13.2. The number of likely N-dealkylation sites (N-methyl/N-ethyl adjacent to an activating group) is 1. The van der Waals surface area contributed by atoms with Crippen molar-refractivity contribution in [2.45, 2.75) is 6.42 Å². The molecule has 1 aliphatic rings. The van der Waals surface area contributed by atoms with Crippen molar-refractivity contribution in [3.63, 3.8) is 0 Å². The molecule has 0 fully saturated rings. The molecule has 24 heavy (non-hydrogen) atoms. The first-order valence-electron chi connectivity index (χ1n) is 7.81. The van der Waals surface area contributed by atoms with E-state index < -0.39 is 0 Å². The Bertz CT molecular complexity index is 749. The second-order valence-corrected chi connectivity index (χ2v) is 5.94. The summed E-state index contributed by atoms with van der Waals surface area (Å²) in [5, 5.41) is 14.2. The Labute approximate surface area is 140 Å². The van der Waals surface area contributed by atoms with Gasteiger partial charge in [0.1, 0.15) is 5.82 Å². The number of nitro benzene ring substituents is 1. The summed E-state index contributed by atoms with van der Waals surface area (Å²) in [4.78, 5) is 23.5. The molecule has 0 saturated heterocycles. The molecule has 0 amide bonds. The Hall–Kier alpha value is -2.74. The third kappa shape index (κ3) is 3.43. The standard InChI is InChI=1S/C16H20N6O2/c1-20(2)10-8-17-15-5-7-18-16(19-15)21-9-6-12-11-13(22(23)24)3-4-14(12)21/h3-5,7,11H,6,8-10H2,1-2H3,(H,17,18,19). The molecule has 1 aliphatic heterocycles. The molecule has 0 unspecified atom stereocenters. The Morgan fingerprint density at radius 3 is 2.96 bits per heavy atom. The van der Waals surface area contributed by atoms with Gasteiger partial charge in [0.25, 0.3) is 5.69 Å². The number of hydrogen-bond donors (Lipinski definition) is 1. The summed E-state index contributed by atoms with van der Waals surface area (Å²) in [5.74, 6) is 1.38. The summed E-state index contributed by atoms with van der Waals surface area (Å²) < 4.78 is 0. The number of aromatic nitrogens is 2.